The third-order valence-corrected chi connectivity index (χ3v) is 3.04. The molecule has 1 aromatic rings. The largest absolute Gasteiger partial charge is 0.501 e. The van der Waals surface area contributed by atoms with Gasteiger partial charge in [0, 0.05) is 6.07 Å². The Balaban J connectivity index is 3.48. The predicted molar refractivity (Wildman–Crippen MR) is 73.2 cm³/mol. The average molecular weight is 328 g/mol. The summed E-state index contributed by atoms with van der Waals surface area (Å²) in [6, 6.07) is 2.52. The van der Waals surface area contributed by atoms with Crippen LogP contribution < -0.4 is 11.2 Å². The van der Waals surface area contributed by atoms with E-state index in [-0.39, 0.29) is 0 Å². The van der Waals surface area contributed by atoms with Gasteiger partial charge in [-0.15, -0.1) is 0 Å². The molecule has 0 amide bonds. The number of hydrogen-bond donors (Lipinski definition) is 5. The summed E-state index contributed by atoms with van der Waals surface area (Å²) in [4.78, 5) is 8.79. The molecule has 0 saturated carbocycles. The van der Waals surface area contributed by atoms with Crippen LogP contribution in [0.1, 0.15) is 0 Å². The molecule has 0 atom stereocenters. The van der Waals surface area contributed by atoms with E-state index in [1.54, 1.807) is 0 Å². The lowest BCUT2D eigenvalue weighted by Crippen LogP contribution is -2.21. The number of phenols is 1. The Labute approximate surface area is 122 Å². The first-order valence-electron chi connectivity index (χ1n) is 5.15. The summed E-state index contributed by atoms with van der Waals surface area (Å²) < 4.78 is 31.0. The molecule has 22 heavy (non-hydrogen) atoms. The van der Waals surface area contributed by atoms with Gasteiger partial charge in [-0.3, -0.25) is 25.5 Å². The van der Waals surface area contributed by atoms with Crippen molar-refractivity contribution in [2.75, 3.05) is 5.43 Å². The molecule has 1 aromatic carbocycles. The van der Waals surface area contributed by atoms with Crippen molar-refractivity contribution in [1.82, 2.24) is 0 Å². The number of nitriles is 1. The van der Waals surface area contributed by atoms with Gasteiger partial charge in [0.25, 0.3) is 10.1 Å². The Kier molecular flexibility index (Phi) is 4.61. The van der Waals surface area contributed by atoms with Crippen LogP contribution in [0.4, 0.5) is 11.4 Å². The second-order valence-electron chi connectivity index (χ2n) is 3.67. The van der Waals surface area contributed by atoms with Crippen molar-refractivity contribution in [1.29, 1.82) is 10.7 Å². The molecule has 0 aliphatic heterocycles. The highest BCUT2D eigenvalue weighted by molar-refractivity contribution is 7.85. The van der Waals surface area contributed by atoms with E-state index in [9.17, 15) is 23.6 Å². The van der Waals surface area contributed by atoms with E-state index >= 15 is 0 Å². The van der Waals surface area contributed by atoms with E-state index in [2.05, 4.69) is 5.10 Å². The molecule has 0 heterocycles. The minimum atomic E-state index is -4.79. The maximum atomic E-state index is 11.1. The number of anilines is 1. The number of nitro groups is 1. The molecule has 12 nitrogen and oxygen atoms in total. The Morgan fingerprint density at radius 3 is 2.55 bits per heavy atom. The zero-order chi connectivity index (χ0) is 17.1. The molecule has 0 fully saturated rings. The van der Waals surface area contributed by atoms with Gasteiger partial charge in [0.1, 0.15) is 16.7 Å². The van der Waals surface area contributed by atoms with Gasteiger partial charge >= 0.3 is 5.69 Å². The van der Waals surface area contributed by atoms with Crippen LogP contribution in [0.2, 0.25) is 0 Å². The van der Waals surface area contributed by atoms with Crippen LogP contribution in [0.15, 0.2) is 22.1 Å². The summed E-state index contributed by atoms with van der Waals surface area (Å²) in [6.07, 6.45) is 0. The molecule has 0 aliphatic carbocycles. The molecular weight excluding hydrogens is 320 g/mol. The molecule has 0 aliphatic rings. The first kappa shape index (κ1) is 16.8. The third kappa shape index (κ3) is 3.65. The predicted octanol–water partition coefficient (Wildman–Crippen LogP) is -0.225. The summed E-state index contributed by atoms with van der Waals surface area (Å²) in [7, 11) is -4.79. The van der Waals surface area contributed by atoms with Gasteiger partial charge in [-0.25, -0.2) is 0 Å². The quantitative estimate of drug-likeness (QED) is 0.120. The number of benzene rings is 1. The molecule has 1 rings (SSSR count). The van der Waals surface area contributed by atoms with Crippen molar-refractivity contribution in [3.63, 3.8) is 0 Å². The lowest BCUT2D eigenvalue weighted by molar-refractivity contribution is -0.386. The van der Waals surface area contributed by atoms with Crippen LogP contribution >= 0.6 is 0 Å². The number of amidine groups is 1. The standard InChI is InChI=1S/C9H8N6O6S/c10-3-6(9(11)12)14-13-5-1-4(22(19,20)21)2-7(8(5)16)15(17)18/h1-2,13,16H,(H3,11,12)(H,19,20,21)/b14-6+. The summed E-state index contributed by atoms with van der Waals surface area (Å²) in [5.74, 6) is -1.71. The Morgan fingerprint density at radius 1 is 1.55 bits per heavy atom. The number of nitrogens with zero attached hydrogens (tertiary/aromatic N) is 3. The van der Waals surface area contributed by atoms with Crippen LogP contribution in [0.3, 0.4) is 0 Å². The van der Waals surface area contributed by atoms with Gasteiger partial charge in [0.2, 0.25) is 11.5 Å². The van der Waals surface area contributed by atoms with Crippen molar-refractivity contribution < 1.29 is 23.0 Å². The Morgan fingerprint density at radius 2 is 2.14 bits per heavy atom. The molecule has 0 unspecified atom stereocenters. The first-order valence-corrected chi connectivity index (χ1v) is 6.59. The van der Waals surface area contributed by atoms with Crippen LogP contribution in [0.5, 0.6) is 5.75 Å². The van der Waals surface area contributed by atoms with Crippen molar-refractivity contribution in [2.45, 2.75) is 4.90 Å². The highest BCUT2D eigenvalue weighted by Crippen LogP contribution is 2.36. The first-order chi connectivity index (χ1) is 10.1. The SMILES string of the molecule is N#C/C(=N\Nc1cc(S(=O)(=O)O)cc([N+](=O)[O-])c1O)C(=N)N. The molecule has 0 saturated heterocycles. The highest BCUT2D eigenvalue weighted by Gasteiger charge is 2.24. The van der Waals surface area contributed by atoms with E-state index in [1.165, 1.54) is 6.07 Å². The second kappa shape index (κ2) is 6.03. The average Bonchev–Trinajstić information content (AvgIpc) is 2.38. The van der Waals surface area contributed by atoms with Crippen molar-refractivity contribution in [3.8, 4) is 11.8 Å². The normalized spacial score (nSPS) is 11.5. The maximum Gasteiger partial charge on any atom is 0.314 e. The number of nitrogens with two attached hydrogens (primary N) is 1. The Bertz CT molecular complexity index is 824. The number of nitro benzene ring substituents is 1. The molecule has 13 heteroatoms. The maximum absolute atomic E-state index is 11.1. The third-order valence-electron chi connectivity index (χ3n) is 2.21. The fraction of sp³-hybridized carbons (Fsp3) is 0. The van der Waals surface area contributed by atoms with Crippen LogP contribution in [-0.4, -0.2) is 34.5 Å². The topological polar surface area (TPSA) is 216 Å². The molecule has 0 spiro atoms. The van der Waals surface area contributed by atoms with E-state index in [4.69, 9.17) is 21.0 Å². The smallest absolute Gasteiger partial charge is 0.314 e. The minimum Gasteiger partial charge on any atom is -0.501 e. The zero-order valence-electron chi connectivity index (χ0n) is 10.5. The molecule has 6 N–H and O–H groups in total. The molecule has 0 aromatic heterocycles. The van der Waals surface area contributed by atoms with Gasteiger partial charge in [0.05, 0.1) is 4.92 Å². The summed E-state index contributed by atoms with van der Waals surface area (Å²) in [5, 5.41) is 39.3. The van der Waals surface area contributed by atoms with Crippen LogP contribution in [0, 0.1) is 26.9 Å². The van der Waals surface area contributed by atoms with Gasteiger partial charge in [-0.1, -0.05) is 0 Å². The van der Waals surface area contributed by atoms with Crippen molar-refractivity contribution in [2.24, 2.45) is 10.8 Å². The van der Waals surface area contributed by atoms with Gasteiger partial charge in [0.15, 0.2) is 5.84 Å². The minimum absolute atomic E-state index is 0.440. The lowest BCUT2D eigenvalue weighted by atomic mass is 10.2. The van der Waals surface area contributed by atoms with Gasteiger partial charge in [-0.2, -0.15) is 18.8 Å². The molecule has 0 bridgehead atoms. The lowest BCUT2D eigenvalue weighted by Gasteiger charge is -2.07. The summed E-state index contributed by atoms with van der Waals surface area (Å²) in [5.41, 5.74) is 4.76. The van der Waals surface area contributed by atoms with Gasteiger partial charge in [-0.05, 0) is 6.07 Å². The van der Waals surface area contributed by atoms with E-state index in [0.717, 1.165) is 0 Å². The van der Waals surface area contributed by atoms with Crippen molar-refractivity contribution >= 4 is 33.0 Å². The second-order valence-corrected chi connectivity index (χ2v) is 5.09. The van der Waals surface area contributed by atoms with Crippen LogP contribution in [0.25, 0.3) is 0 Å². The van der Waals surface area contributed by atoms with Crippen LogP contribution in [-0.2, 0) is 10.1 Å². The molecular formula is C9H8N6O6S. The number of rotatable bonds is 5. The summed E-state index contributed by atoms with van der Waals surface area (Å²) in [6.45, 7) is 0. The number of aromatic hydroxyl groups is 1. The molecule has 116 valence electrons. The van der Waals surface area contributed by atoms with Gasteiger partial charge < -0.3 is 10.8 Å². The number of nitrogens with one attached hydrogen (secondary N) is 2. The van der Waals surface area contributed by atoms with E-state index in [1.807, 2.05) is 5.43 Å². The fourth-order valence-electron chi connectivity index (χ4n) is 1.23. The number of phenolic OH excluding ortho intramolecular Hbond substituents is 1. The molecule has 0 radical (unpaired) electrons. The fourth-order valence-corrected chi connectivity index (χ4v) is 1.76. The van der Waals surface area contributed by atoms with Crippen molar-refractivity contribution in [3.05, 3.63) is 22.2 Å². The summed E-state index contributed by atoms with van der Waals surface area (Å²) >= 11 is 0. The highest BCUT2D eigenvalue weighted by atomic mass is 32.2. The van der Waals surface area contributed by atoms with E-state index in [0.29, 0.717) is 12.1 Å². The van der Waals surface area contributed by atoms with E-state index < -0.39 is 48.6 Å². The zero-order valence-corrected chi connectivity index (χ0v) is 11.3. The number of hydrazone groups is 1. The monoisotopic (exact) mass is 328 g/mol. The Hall–Kier alpha value is -3.24. The number of hydrogen-bond acceptors (Lipinski definition) is 9.